The topological polar surface area (TPSA) is 72.2 Å². The van der Waals surface area contributed by atoms with Gasteiger partial charge in [-0.3, -0.25) is 4.72 Å². The molecule has 0 spiro atoms. The molecule has 0 fully saturated rings. The number of sulfonamides is 1. The van der Waals surface area contributed by atoms with Gasteiger partial charge in [-0.25, -0.2) is 8.42 Å². The van der Waals surface area contributed by atoms with Crippen LogP contribution in [0.3, 0.4) is 0 Å². The lowest BCUT2D eigenvalue weighted by Gasteiger charge is -2.11. The SMILES string of the molecule is Cc1cccc(NS(=O)(=O)c2ccc(CN)cc2Br)c1. The lowest BCUT2D eigenvalue weighted by molar-refractivity contribution is 0.600. The summed E-state index contributed by atoms with van der Waals surface area (Å²) >= 11 is 3.28. The Kier molecular flexibility index (Phi) is 4.47. The fourth-order valence-corrected chi connectivity index (χ4v) is 3.98. The number of benzene rings is 2. The van der Waals surface area contributed by atoms with Gasteiger partial charge in [0.2, 0.25) is 0 Å². The van der Waals surface area contributed by atoms with E-state index in [4.69, 9.17) is 5.73 Å². The van der Waals surface area contributed by atoms with Crippen LogP contribution in [0.1, 0.15) is 11.1 Å². The first-order valence-electron chi connectivity index (χ1n) is 6.00. The van der Waals surface area contributed by atoms with Gasteiger partial charge < -0.3 is 5.73 Å². The highest BCUT2D eigenvalue weighted by molar-refractivity contribution is 9.10. The number of rotatable bonds is 4. The third kappa shape index (κ3) is 3.39. The van der Waals surface area contributed by atoms with Crippen molar-refractivity contribution in [2.24, 2.45) is 5.73 Å². The Hall–Kier alpha value is -1.37. The minimum Gasteiger partial charge on any atom is -0.326 e. The normalized spacial score (nSPS) is 11.3. The largest absolute Gasteiger partial charge is 0.326 e. The van der Waals surface area contributed by atoms with Crippen LogP contribution in [0.25, 0.3) is 0 Å². The minimum atomic E-state index is -3.62. The lowest BCUT2D eigenvalue weighted by atomic mass is 10.2. The highest BCUT2D eigenvalue weighted by Gasteiger charge is 2.17. The summed E-state index contributed by atoms with van der Waals surface area (Å²) in [5, 5.41) is 0. The maximum atomic E-state index is 12.4. The fraction of sp³-hybridized carbons (Fsp3) is 0.143. The summed E-state index contributed by atoms with van der Waals surface area (Å²) in [4.78, 5) is 0.191. The number of nitrogens with two attached hydrogens (primary N) is 1. The molecule has 0 saturated heterocycles. The van der Waals surface area contributed by atoms with Crippen LogP contribution in [0.5, 0.6) is 0 Å². The van der Waals surface area contributed by atoms with Crippen molar-refractivity contribution in [1.29, 1.82) is 0 Å². The highest BCUT2D eigenvalue weighted by Crippen LogP contribution is 2.25. The summed E-state index contributed by atoms with van der Waals surface area (Å²) in [5.74, 6) is 0. The van der Waals surface area contributed by atoms with E-state index in [2.05, 4.69) is 20.7 Å². The second-order valence-corrected chi connectivity index (χ2v) is 6.95. The van der Waals surface area contributed by atoms with Crippen molar-refractivity contribution in [2.75, 3.05) is 4.72 Å². The molecule has 0 atom stereocenters. The molecule has 0 unspecified atom stereocenters. The molecule has 0 aliphatic rings. The average Bonchev–Trinajstić information content (AvgIpc) is 2.37. The Morgan fingerprint density at radius 3 is 2.55 bits per heavy atom. The van der Waals surface area contributed by atoms with E-state index in [-0.39, 0.29) is 4.90 Å². The van der Waals surface area contributed by atoms with Crippen molar-refractivity contribution in [1.82, 2.24) is 0 Å². The standard InChI is InChI=1S/C14H15BrN2O2S/c1-10-3-2-4-12(7-10)17-20(18,19)14-6-5-11(9-16)8-13(14)15/h2-8,17H,9,16H2,1H3. The van der Waals surface area contributed by atoms with Gasteiger partial charge >= 0.3 is 0 Å². The Morgan fingerprint density at radius 1 is 1.20 bits per heavy atom. The number of anilines is 1. The average molecular weight is 355 g/mol. The number of nitrogens with one attached hydrogen (secondary N) is 1. The molecule has 20 heavy (non-hydrogen) atoms. The van der Waals surface area contributed by atoms with Gasteiger partial charge in [-0.15, -0.1) is 0 Å². The summed E-state index contributed by atoms with van der Waals surface area (Å²) in [6, 6.07) is 12.2. The highest BCUT2D eigenvalue weighted by atomic mass is 79.9. The Balaban J connectivity index is 2.36. The first-order valence-corrected chi connectivity index (χ1v) is 8.28. The Morgan fingerprint density at radius 2 is 1.95 bits per heavy atom. The molecule has 0 heterocycles. The maximum Gasteiger partial charge on any atom is 0.263 e. The van der Waals surface area contributed by atoms with Gasteiger partial charge in [0, 0.05) is 16.7 Å². The molecule has 0 radical (unpaired) electrons. The maximum absolute atomic E-state index is 12.4. The second-order valence-electron chi connectivity index (χ2n) is 4.44. The van der Waals surface area contributed by atoms with Crippen LogP contribution in [-0.4, -0.2) is 8.42 Å². The van der Waals surface area contributed by atoms with Gasteiger partial charge in [0.1, 0.15) is 4.90 Å². The molecule has 0 amide bonds. The zero-order chi connectivity index (χ0) is 14.8. The predicted octanol–water partition coefficient (Wildman–Crippen LogP) is 3.02. The van der Waals surface area contributed by atoms with Crippen LogP contribution in [0.4, 0.5) is 5.69 Å². The summed E-state index contributed by atoms with van der Waals surface area (Å²) in [6.07, 6.45) is 0. The molecule has 6 heteroatoms. The summed E-state index contributed by atoms with van der Waals surface area (Å²) in [5.41, 5.74) is 7.93. The molecule has 0 bridgehead atoms. The van der Waals surface area contributed by atoms with Crippen molar-refractivity contribution in [2.45, 2.75) is 18.4 Å². The molecule has 0 aliphatic carbocycles. The number of hydrogen-bond donors (Lipinski definition) is 2. The summed E-state index contributed by atoms with van der Waals surface area (Å²) in [6.45, 7) is 2.27. The van der Waals surface area contributed by atoms with E-state index in [1.54, 1.807) is 36.4 Å². The second kappa shape index (κ2) is 5.95. The van der Waals surface area contributed by atoms with E-state index in [0.29, 0.717) is 16.7 Å². The van der Waals surface area contributed by atoms with Crippen molar-refractivity contribution in [3.63, 3.8) is 0 Å². The van der Waals surface area contributed by atoms with Gasteiger partial charge in [0.15, 0.2) is 0 Å². The molecule has 2 aromatic carbocycles. The van der Waals surface area contributed by atoms with Crippen LogP contribution >= 0.6 is 15.9 Å². The van der Waals surface area contributed by atoms with E-state index in [0.717, 1.165) is 11.1 Å². The van der Waals surface area contributed by atoms with E-state index in [1.807, 2.05) is 13.0 Å². The first-order chi connectivity index (χ1) is 9.42. The third-order valence-electron chi connectivity index (χ3n) is 2.79. The third-order valence-corrected chi connectivity index (χ3v) is 5.15. The van der Waals surface area contributed by atoms with Gasteiger partial charge in [-0.2, -0.15) is 0 Å². The number of aryl methyl sites for hydroxylation is 1. The molecule has 2 rings (SSSR count). The summed E-state index contributed by atoms with van der Waals surface area (Å²) in [7, 11) is -3.62. The van der Waals surface area contributed by atoms with Crippen LogP contribution in [0.15, 0.2) is 51.8 Å². The molecule has 0 aliphatic heterocycles. The molecule has 0 saturated carbocycles. The fourth-order valence-electron chi connectivity index (χ4n) is 1.81. The zero-order valence-corrected chi connectivity index (χ0v) is 13.3. The quantitative estimate of drug-likeness (QED) is 0.886. The lowest BCUT2D eigenvalue weighted by Crippen LogP contribution is -2.14. The summed E-state index contributed by atoms with van der Waals surface area (Å²) < 4.78 is 27.8. The smallest absolute Gasteiger partial charge is 0.263 e. The number of hydrogen-bond acceptors (Lipinski definition) is 3. The molecule has 106 valence electrons. The zero-order valence-electron chi connectivity index (χ0n) is 10.9. The van der Waals surface area contributed by atoms with Crippen LogP contribution in [0.2, 0.25) is 0 Å². The van der Waals surface area contributed by atoms with Gasteiger partial charge in [-0.05, 0) is 58.2 Å². The molecule has 0 aromatic heterocycles. The Bertz CT molecular complexity index is 730. The van der Waals surface area contributed by atoms with Crippen LogP contribution < -0.4 is 10.5 Å². The molecule has 2 aromatic rings. The van der Waals surface area contributed by atoms with Crippen LogP contribution in [0, 0.1) is 6.92 Å². The van der Waals surface area contributed by atoms with E-state index < -0.39 is 10.0 Å². The van der Waals surface area contributed by atoms with Crippen molar-refractivity contribution in [3.05, 3.63) is 58.1 Å². The Labute approximate surface area is 127 Å². The van der Waals surface area contributed by atoms with Gasteiger partial charge in [0.05, 0.1) is 0 Å². The molecule has 3 N–H and O–H groups in total. The molecular weight excluding hydrogens is 340 g/mol. The van der Waals surface area contributed by atoms with Crippen molar-refractivity contribution >= 4 is 31.6 Å². The van der Waals surface area contributed by atoms with Gasteiger partial charge in [0.25, 0.3) is 10.0 Å². The molecule has 4 nitrogen and oxygen atoms in total. The number of halogens is 1. The molecular formula is C14H15BrN2O2S. The minimum absolute atomic E-state index is 0.191. The first kappa shape index (κ1) is 15.0. The van der Waals surface area contributed by atoms with E-state index in [9.17, 15) is 8.42 Å². The van der Waals surface area contributed by atoms with Gasteiger partial charge in [-0.1, -0.05) is 18.2 Å². The van der Waals surface area contributed by atoms with Crippen LogP contribution in [-0.2, 0) is 16.6 Å². The van der Waals surface area contributed by atoms with E-state index >= 15 is 0 Å². The van der Waals surface area contributed by atoms with Crippen molar-refractivity contribution < 1.29 is 8.42 Å². The monoisotopic (exact) mass is 354 g/mol. The predicted molar refractivity (Wildman–Crippen MR) is 84.0 cm³/mol. The van der Waals surface area contributed by atoms with Crippen molar-refractivity contribution in [3.8, 4) is 0 Å². The van der Waals surface area contributed by atoms with E-state index in [1.165, 1.54) is 0 Å².